The van der Waals surface area contributed by atoms with E-state index in [1.807, 2.05) is 23.4 Å². The van der Waals surface area contributed by atoms with Gasteiger partial charge < -0.3 is 9.64 Å². The number of morpholine rings is 1. The first kappa shape index (κ1) is 19.1. The Hall–Kier alpha value is -2.24. The Morgan fingerprint density at radius 1 is 1.04 bits per heavy atom. The summed E-state index contributed by atoms with van der Waals surface area (Å²) in [4.78, 5) is 21.3. The van der Waals surface area contributed by atoms with E-state index in [-0.39, 0.29) is 12.0 Å². The largest absolute Gasteiger partial charge is 0.375 e. The molecule has 0 aliphatic carbocycles. The van der Waals surface area contributed by atoms with Crippen molar-refractivity contribution in [1.82, 2.24) is 14.8 Å². The Morgan fingerprint density at radius 3 is 2.68 bits per heavy atom. The number of carbonyl (C=O) groups excluding carboxylic acids is 1. The minimum absolute atomic E-state index is 0.00390. The van der Waals surface area contributed by atoms with Gasteiger partial charge in [-0.2, -0.15) is 0 Å². The number of pyridine rings is 1. The summed E-state index contributed by atoms with van der Waals surface area (Å²) in [6.45, 7) is 5.12. The fourth-order valence-corrected chi connectivity index (χ4v) is 4.29. The van der Waals surface area contributed by atoms with Gasteiger partial charge in [-0.15, -0.1) is 0 Å². The van der Waals surface area contributed by atoms with Crippen LogP contribution in [0.25, 0.3) is 0 Å². The van der Waals surface area contributed by atoms with Gasteiger partial charge in [0.2, 0.25) is 5.91 Å². The van der Waals surface area contributed by atoms with Gasteiger partial charge in [0, 0.05) is 45.1 Å². The van der Waals surface area contributed by atoms with Crippen molar-refractivity contribution in [2.45, 2.75) is 31.9 Å². The summed E-state index contributed by atoms with van der Waals surface area (Å²) in [7, 11) is 0. The van der Waals surface area contributed by atoms with Crippen LogP contribution in [0.3, 0.4) is 0 Å². The van der Waals surface area contributed by atoms with Gasteiger partial charge in [-0.25, -0.2) is 0 Å². The van der Waals surface area contributed by atoms with Crippen molar-refractivity contribution >= 4 is 5.91 Å². The van der Waals surface area contributed by atoms with E-state index in [1.165, 1.54) is 11.1 Å². The Balaban J connectivity index is 1.24. The van der Waals surface area contributed by atoms with E-state index < -0.39 is 0 Å². The zero-order chi connectivity index (χ0) is 19.2. The third-order valence-corrected chi connectivity index (χ3v) is 5.79. The van der Waals surface area contributed by atoms with E-state index in [0.29, 0.717) is 18.9 Å². The number of carbonyl (C=O) groups is 1. The van der Waals surface area contributed by atoms with E-state index in [2.05, 4.69) is 46.3 Å². The van der Waals surface area contributed by atoms with Gasteiger partial charge in [-0.3, -0.25) is 14.7 Å². The highest BCUT2D eigenvalue weighted by molar-refractivity contribution is 5.77. The Bertz CT molecular complexity index is 753. The van der Waals surface area contributed by atoms with Crippen molar-refractivity contribution in [3.05, 3.63) is 66.0 Å². The molecule has 148 valence electrons. The molecule has 1 aromatic heterocycles. The maximum absolute atomic E-state index is 12.8. The summed E-state index contributed by atoms with van der Waals surface area (Å²) in [6.07, 6.45) is 6.29. The van der Waals surface area contributed by atoms with Crippen molar-refractivity contribution in [3.63, 3.8) is 0 Å². The lowest BCUT2D eigenvalue weighted by Crippen LogP contribution is -2.44. The quantitative estimate of drug-likeness (QED) is 0.774. The zero-order valence-electron chi connectivity index (χ0n) is 16.4. The summed E-state index contributed by atoms with van der Waals surface area (Å²) < 4.78 is 5.90. The molecule has 0 spiro atoms. The number of rotatable bonds is 6. The number of nitrogens with zero attached hydrogens (tertiary/aromatic N) is 3. The third kappa shape index (κ3) is 5.18. The van der Waals surface area contributed by atoms with Gasteiger partial charge in [0.25, 0.3) is 0 Å². The van der Waals surface area contributed by atoms with Crippen LogP contribution in [0.4, 0.5) is 0 Å². The van der Waals surface area contributed by atoms with Crippen LogP contribution in [0.1, 0.15) is 24.0 Å². The molecule has 0 saturated carbocycles. The number of amides is 1. The minimum Gasteiger partial charge on any atom is -0.375 e. The normalized spacial score (nSPS) is 23.1. The highest BCUT2D eigenvalue weighted by atomic mass is 16.5. The topological polar surface area (TPSA) is 45.7 Å². The first-order valence-corrected chi connectivity index (χ1v) is 10.3. The molecule has 1 amide bonds. The smallest absolute Gasteiger partial charge is 0.225 e. The van der Waals surface area contributed by atoms with E-state index in [1.54, 1.807) is 0 Å². The molecule has 0 N–H and O–H groups in total. The molecule has 1 aromatic carbocycles. The third-order valence-electron chi connectivity index (χ3n) is 5.79. The predicted octanol–water partition coefficient (Wildman–Crippen LogP) is 2.76. The molecule has 5 nitrogen and oxygen atoms in total. The number of hydrogen-bond acceptors (Lipinski definition) is 4. The molecule has 2 aliphatic rings. The summed E-state index contributed by atoms with van der Waals surface area (Å²) in [5, 5.41) is 0. The summed E-state index contributed by atoms with van der Waals surface area (Å²) in [5.41, 5.74) is 2.62. The average Bonchev–Trinajstić information content (AvgIpc) is 3.18. The molecule has 2 aliphatic heterocycles. The molecule has 5 heteroatoms. The minimum atomic E-state index is 0.00390. The van der Waals surface area contributed by atoms with Gasteiger partial charge in [0.15, 0.2) is 0 Å². The van der Waals surface area contributed by atoms with Gasteiger partial charge >= 0.3 is 0 Å². The fraction of sp³-hybridized carbons (Fsp3) is 0.478. The van der Waals surface area contributed by atoms with Crippen molar-refractivity contribution in [1.29, 1.82) is 0 Å². The molecular formula is C23H29N3O2. The highest BCUT2D eigenvalue weighted by Crippen LogP contribution is 2.22. The van der Waals surface area contributed by atoms with Crippen molar-refractivity contribution in [2.75, 3.05) is 32.8 Å². The summed E-state index contributed by atoms with van der Waals surface area (Å²) in [5.74, 6) is 0.789. The lowest BCUT2D eigenvalue weighted by molar-refractivity contribution is -0.135. The molecule has 2 unspecified atom stereocenters. The van der Waals surface area contributed by atoms with Crippen LogP contribution in [0.15, 0.2) is 54.9 Å². The van der Waals surface area contributed by atoms with E-state index in [4.69, 9.17) is 4.74 Å². The Labute approximate surface area is 167 Å². The average molecular weight is 380 g/mol. The number of ether oxygens (including phenoxy) is 1. The maximum Gasteiger partial charge on any atom is 0.225 e. The number of hydrogen-bond donors (Lipinski definition) is 0. The lowest BCUT2D eigenvalue weighted by atomic mass is 10.00. The zero-order valence-corrected chi connectivity index (χ0v) is 16.4. The van der Waals surface area contributed by atoms with Crippen LogP contribution in [0, 0.1) is 5.92 Å². The summed E-state index contributed by atoms with van der Waals surface area (Å²) >= 11 is 0. The standard InChI is InChI=1S/C23H29N3O2/c27-23(26-11-8-21(17-26)14-19-6-9-24-10-7-19)15-22-18-25(12-13-28-22)16-20-4-2-1-3-5-20/h1-7,9-10,21-22H,8,11-18H2. The maximum atomic E-state index is 12.8. The molecule has 0 radical (unpaired) electrons. The Morgan fingerprint density at radius 2 is 1.86 bits per heavy atom. The second-order valence-corrected chi connectivity index (χ2v) is 7.97. The van der Waals surface area contributed by atoms with Crippen LogP contribution in [0.2, 0.25) is 0 Å². The van der Waals surface area contributed by atoms with Crippen molar-refractivity contribution < 1.29 is 9.53 Å². The van der Waals surface area contributed by atoms with Crippen LogP contribution in [-0.2, 0) is 22.5 Å². The highest BCUT2D eigenvalue weighted by Gasteiger charge is 2.29. The summed E-state index contributed by atoms with van der Waals surface area (Å²) in [6, 6.07) is 14.6. The van der Waals surface area contributed by atoms with Gasteiger partial charge in [-0.1, -0.05) is 30.3 Å². The fourth-order valence-electron chi connectivity index (χ4n) is 4.29. The molecule has 2 fully saturated rings. The van der Waals surface area contributed by atoms with Gasteiger partial charge in [-0.05, 0) is 42.0 Å². The van der Waals surface area contributed by atoms with Gasteiger partial charge in [0.1, 0.15) is 0 Å². The SMILES string of the molecule is O=C(CC1CN(Cc2ccccc2)CCO1)N1CCC(Cc2ccncc2)C1. The van der Waals surface area contributed by atoms with Crippen LogP contribution in [-0.4, -0.2) is 59.6 Å². The molecule has 2 aromatic rings. The number of likely N-dealkylation sites (tertiary alicyclic amines) is 1. The first-order valence-electron chi connectivity index (χ1n) is 10.3. The lowest BCUT2D eigenvalue weighted by Gasteiger charge is -2.33. The van der Waals surface area contributed by atoms with Crippen LogP contribution in [0.5, 0.6) is 0 Å². The number of benzene rings is 1. The molecule has 2 atom stereocenters. The molecule has 28 heavy (non-hydrogen) atoms. The Kier molecular flexibility index (Phi) is 6.34. The molecule has 3 heterocycles. The van der Waals surface area contributed by atoms with Crippen LogP contribution < -0.4 is 0 Å². The van der Waals surface area contributed by atoms with Crippen molar-refractivity contribution in [2.24, 2.45) is 5.92 Å². The molecule has 4 rings (SSSR count). The second-order valence-electron chi connectivity index (χ2n) is 7.97. The van der Waals surface area contributed by atoms with E-state index >= 15 is 0 Å². The van der Waals surface area contributed by atoms with E-state index in [0.717, 1.165) is 45.6 Å². The van der Waals surface area contributed by atoms with Crippen molar-refractivity contribution in [3.8, 4) is 0 Å². The number of aromatic nitrogens is 1. The van der Waals surface area contributed by atoms with E-state index in [9.17, 15) is 4.79 Å². The van der Waals surface area contributed by atoms with Gasteiger partial charge in [0.05, 0.1) is 19.1 Å². The molecule has 0 bridgehead atoms. The first-order chi connectivity index (χ1) is 13.8. The molecular weight excluding hydrogens is 350 g/mol. The van der Waals surface area contributed by atoms with Crippen LogP contribution >= 0.6 is 0 Å². The molecule has 2 saturated heterocycles. The second kappa shape index (κ2) is 9.30. The monoisotopic (exact) mass is 379 g/mol. The predicted molar refractivity (Wildman–Crippen MR) is 109 cm³/mol.